The molecule has 0 unspecified atom stereocenters. The predicted molar refractivity (Wildman–Crippen MR) is 85.1 cm³/mol. The number of halogens is 1. The van der Waals surface area contributed by atoms with Crippen LogP contribution in [0.5, 0.6) is 11.5 Å². The second kappa shape index (κ2) is 5.02. The van der Waals surface area contributed by atoms with E-state index < -0.39 is 0 Å². The first-order chi connectivity index (χ1) is 10.7. The van der Waals surface area contributed by atoms with E-state index in [2.05, 4.69) is 33.4 Å². The number of carbonyl (C=O) groups excluding carboxylic acids is 1. The fourth-order valence-corrected chi connectivity index (χ4v) is 2.97. The average Bonchev–Trinajstić information content (AvgIpc) is 3.14. The monoisotopic (exact) mass is 359 g/mol. The number of amides is 1. The quantitative estimate of drug-likeness (QED) is 0.910. The number of nitrogens with one attached hydrogen (secondary N) is 1. The summed E-state index contributed by atoms with van der Waals surface area (Å²) in [4.78, 5) is 12.5. The van der Waals surface area contributed by atoms with E-state index in [0.717, 1.165) is 22.9 Å². The van der Waals surface area contributed by atoms with Gasteiger partial charge in [0, 0.05) is 10.0 Å². The molecule has 1 fully saturated rings. The van der Waals surface area contributed by atoms with Crippen molar-refractivity contribution in [2.24, 2.45) is 0 Å². The smallest absolute Gasteiger partial charge is 0.252 e. The van der Waals surface area contributed by atoms with Crippen LogP contribution in [0.3, 0.4) is 0 Å². The van der Waals surface area contributed by atoms with Crippen LogP contribution in [0.15, 0.2) is 46.9 Å². The van der Waals surface area contributed by atoms with Gasteiger partial charge in [-0.2, -0.15) is 0 Å². The molecular formula is C17H14BrNO3. The first-order valence-electron chi connectivity index (χ1n) is 7.15. The number of fused-ring (bicyclic) bond motifs is 1. The third-order valence-corrected chi connectivity index (χ3v) is 4.66. The van der Waals surface area contributed by atoms with Crippen molar-refractivity contribution < 1.29 is 14.3 Å². The zero-order chi connectivity index (χ0) is 15.2. The third kappa shape index (κ3) is 2.35. The Hall–Kier alpha value is -2.01. The number of hydrogen-bond donors (Lipinski definition) is 1. The molecule has 0 radical (unpaired) electrons. The number of hydrogen-bond acceptors (Lipinski definition) is 3. The molecule has 5 heteroatoms. The lowest BCUT2D eigenvalue weighted by Crippen LogP contribution is -2.34. The minimum absolute atomic E-state index is 0.0845. The fourth-order valence-electron chi connectivity index (χ4n) is 2.71. The van der Waals surface area contributed by atoms with E-state index in [-0.39, 0.29) is 18.2 Å². The van der Waals surface area contributed by atoms with Gasteiger partial charge in [-0.15, -0.1) is 0 Å². The van der Waals surface area contributed by atoms with Gasteiger partial charge >= 0.3 is 0 Å². The van der Waals surface area contributed by atoms with Crippen LogP contribution in [0.1, 0.15) is 28.8 Å². The molecule has 4 nitrogen and oxygen atoms in total. The summed E-state index contributed by atoms with van der Waals surface area (Å²) in [6, 6.07) is 13.4. The summed E-state index contributed by atoms with van der Waals surface area (Å²) in [6.07, 6.45) is 1.93. The Morgan fingerprint density at radius 1 is 1.05 bits per heavy atom. The fraction of sp³-hybridized carbons (Fsp3) is 0.235. The van der Waals surface area contributed by atoms with Crippen LogP contribution >= 0.6 is 15.9 Å². The van der Waals surface area contributed by atoms with Crippen molar-refractivity contribution in [1.29, 1.82) is 0 Å². The Labute approximate surface area is 136 Å². The van der Waals surface area contributed by atoms with Gasteiger partial charge in [0.1, 0.15) is 0 Å². The van der Waals surface area contributed by atoms with Gasteiger partial charge in [-0.1, -0.05) is 28.1 Å². The first kappa shape index (κ1) is 13.6. The van der Waals surface area contributed by atoms with E-state index in [9.17, 15) is 4.79 Å². The molecule has 2 aromatic carbocycles. The van der Waals surface area contributed by atoms with Crippen LogP contribution in [0, 0.1) is 0 Å². The van der Waals surface area contributed by atoms with Gasteiger partial charge in [-0.05, 0) is 48.7 Å². The Balaban J connectivity index is 1.55. The second-order valence-corrected chi connectivity index (χ2v) is 6.53. The molecule has 112 valence electrons. The number of benzene rings is 2. The van der Waals surface area contributed by atoms with Crippen molar-refractivity contribution in [3.63, 3.8) is 0 Å². The minimum atomic E-state index is -0.228. The molecule has 0 saturated heterocycles. The highest BCUT2D eigenvalue weighted by Gasteiger charge is 2.45. The highest BCUT2D eigenvalue weighted by atomic mass is 79.9. The van der Waals surface area contributed by atoms with Crippen molar-refractivity contribution in [1.82, 2.24) is 5.32 Å². The van der Waals surface area contributed by atoms with Crippen molar-refractivity contribution in [3.8, 4) is 11.5 Å². The van der Waals surface area contributed by atoms with Crippen LogP contribution in [0.4, 0.5) is 0 Å². The lowest BCUT2D eigenvalue weighted by molar-refractivity contribution is 0.0930. The van der Waals surface area contributed by atoms with Gasteiger partial charge in [0.2, 0.25) is 6.79 Å². The predicted octanol–water partition coefficient (Wildman–Crippen LogP) is 3.60. The largest absolute Gasteiger partial charge is 0.454 e. The lowest BCUT2D eigenvalue weighted by atomic mass is 10.0. The molecular weight excluding hydrogens is 346 g/mol. The Morgan fingerprint density at radius 2 is 1.77 bits per heavy atom. The molecule has 1 aliphatic heterocycles. The molecule has 1 N–H and O–H groups in total. The van der Waals surface area contributed by atoms with E-state index >= 15 is 0 Å². The average molecular weight is 360 g/mol. The van der Waals surface area contributed by atoms with Crippen molar-refractivity contribution in [2.75, 3.05) is 6.79 Å². The maximum atomic E-state index is 12.5. The molecule has 4 rings (SSSR count). The van der Waals surface area contributed by atoms with Gasteiger partial charge in [-0.25, -0.2) is 0 Å². The molecule has 22 heavy (non-hydrogen) atoms. The van der Waals surface area contributed by atoms with E-state index in [1.807, 2.05) is 12.1 Å². The van der Waals surface area contributed by atoms with Crippen LogP contribution < -0.4 is 14.8 Å². The standard InChI is InChI=1S/C17H14BrNO3/c18-13-4-2-12(3-5-13)17(7-8-17)19-16(20)11-1-6-14-15(9-11)22-10-21-14/h1-6,9H,7-8,10H2,(H,19,20). The Kier molecular flexibility index (Phi) is 3.11. The lowest BCUT2D eigenvalue weighted by Gasteiger charge is -2.18. The van der Waals surface area contributed by atoms with Crippen molar-refractivity contribution >= 4 is 21.8 Å². The van der Waals surface area contributed by atoms with Crippen LogP contribution in [0.25, 0.3) is 0 Å². The van der Waals surface area contributed by atoms with E-state index in [4.69, 9.17) is 9.47 Å². The van der Waals surface area contributed by atoms with E-state index in [1.54, 1.807) is 18.2 Å². The molecule has 0 atom stereocenters. The van der Waals surface area contributed by atoms with Gasteiger partial charge in [-0.3, -0.25) is 4.79 Å². The van der Waals surface area contributed by atoms with E-state index in [1.165, 1.54) is 0 Å². The zero-order valence-corrected chi connectivity index (χ0v) is 13.4. The molecule has 1 aliphatic carbocycles. The summed E-state index contributed by atoms with van der Waals surface area (Å²) < 4.78 is 11.6. The summed E-state index contributed by atoms with van der Waals surface area (Å²) in [5, 5.41) is 3.16. The molecule has 1 saturated carbocycles. The summed E-state index contributed by atoms with van der Waals surface area (Å²) in [6.45, 7) is 0.212. The molecule has 0 spiro atoms. The van der Waals surface area contributed by atoms with Crippen LogP contribution in [-0.4, -0.2) is 12.7 Å². The topological polar surface area (TPSA) is 47.6 Å². The van der Waals surface area contributed by atoms with Gasteiger partial charge in [0.05, 0.1) is 5.54 Å². The Morgan fingerprint density at radius 3 is 2.50 bits per heavy atom. The van der Waals surface area contributed by atoms with Gasteiger partial charge in [0.15, 0.2) is 11.5 Å². The maximum Gasteiger partial charge on any atom is 0.252 e. The minimum Gasteiger partial charge on any atom is -0.454 e. The van der Waals surface area contributed by atoms with Crippen molar-refractivity contribution in [3.05, 3.63) is 58.1 Å². The Bertz CT molecular complexity index is 738. The van der Waals surface area contributed by atoms with E-state index in [0.29, 0.717) is 17.1 Å². The second-order valence-electron chi connectivity index (χ2n) is 5.61. The summed E-state index contributed by atoms with van der Waals surface area (Å²) in [5.41, 5.74) is 1.51. The van der Waals surface area contributed by atoms with Crippen LogP contribution in [-0.2, 0) is 5.54 Å². The molecule has 0 bridgehead atoms. The number of ether oxygens (including phenoxy) is 2. The van der Waals surface area contributed by atoms with Gasteiger partial charge < -0.3 is 14.8 Å². The number of carbonyl (C=O) groups is 1. The zero-order valence-electron chi connectivity index (χ0n) is 11.8. The third-order valence-electron chi connectivity index (χ3n) is 4.13. The number of rotatable bonds is 3. The normalized spacial score (nSPS) is 17.1. The summed E-state index contributed by atoms with van der Waals surface area (Å²) >= 11 is 3.44. The summed E-state index contributed by atoms with van der Waals surface area (Å²) in [5.74, 6) is 1.23. The molecule has 1 heterocycles. The molecule has 2 aromatic rings. The highest BCUT2D eigenvalue weighted by molar-refractivity contribution is 9.10. The first-order valence-corrected chi connectivity index (χ1v) is 7.94. The van der Waals surface area contributed by atoms with Crippen LogP contribution in [0.2, 0.25) is 0 Å². The maximum absolute atomic E-state index is 12.5. The highest BCUT2D eigenvalue weighted by Crippen LogP contribution is 2.46. The molecule has 1 amide bonds. The molecule has 0 aromatic heterocycles. The summed E-state index contributed by atoms with van der Waals surface area (Å²) in [7, 11) is 0. The molecule has 2 aliphatic rings. The van der Waals surface area contributed by atoms with Gasteiger partial charge in [0.25, 0.3) is 5.91 Å². The SMILES string of the molecule is O=C(NC1(c2ccc(Br)cc2)CC1)c1ccc2c(c1)OCO2. The van der Waals surface area contributed by atoms with Crippen molar-refractivity contribution in [2.45, 2.75) is 18.4 Å².